The summed E-state index contributed by atoms with van der Waals surface area (Å²) in [5.41, 5.74) is -2.17. The molecule has 15 heavy (non-hydrogen) atoms. The average molecular weight is 215 g/mol. The Morgan fingerprint density at radius 3 is 2.40 bits per heavy atom. The van der Waals surface area contributed by atoms with E-state index in [-0.39, 0.29) is 17.1 Å². The molecule has 0 bridgehead atoms. The van der Waals surface area contributed by atoms with Gasteiger partial charge >= 0.3 is 0 Å². The lowest BCUT2D eigenvalue weighted by Crippen LogP contribution is -2.52. The molecule has 0 aromatic rings. The fraction of sp³-hybridized carbons (Fsp3) is 0.900. The van der Waals surface area contributed by atoms with E-state index in [2.05, 4.69) is 0 Å². The normalized spacial score (nSPS) is 41.2. The van der Waals surface area contributed by atoms with E-state index in [1.165, 1.54) is 13.8 Å². The lowest BCUT2D eigenvalue weighted by atomic mass is 9.67. The summed E-state index contributed by atoms with van der Waals surface area (Å²) in [6.45, 7) is 4.50. The van der Waals surface area contributed by atoms with Crippen LogP contribution in [0, 0.1) is 16.0 Å². The van der Waals surface area contributed by atoms with Gasteiger partial charge in [-0.1, -0.05) is 0 Å². The van der Waals surface area contributed by atoms with Crippen LogP contribution in [0.4, 0.5) is 0 Å². The van der Waals surface area contributed by atoms with Crippen molar-refractivity contribution < 1.29 is 14.8 Å². The predicted octanol–water partition coefficient (Wildman–Crippen LogP) is 1.16. The van der Waals surface area contributed by atoms with Crippen molar-refractivity contribution in [2.45, 2.75) is 51.2 Å². The molecule has 0 aromatic heterocycles. The van der Waals surface area contributed by atoms with Crippen molar-refractivity contribution in [1.29, 1.82) is 0 Å². The zero-order chi connectivity index (χ0) is 11.9. The summed E-state index contributed by atoms with van der Waals surface area (Å²) >= 11 is 0. The molecule has 3 atom stereocenters. The summed E-state index contributed by atoms with van der Waals surface area (Å²) in [4.78, 5) is 21.9. The highest BCUT2D eigenvalue weighted by molar-refractivity contribution is 5.79. The lowest BCUT2D eigenvalue weighted by Gasteiger charge is -2.40. The van der Waals surface area contributed by atoms with E-state index in [0.29, 0.717) is 12.8 Å². The zero-order valence-electron chi connectivity index (χ0n) is 9.32. The summed E-state index contributed by atoms with van der Waals surface area (Å²) in [5, 5.41) is 20.8. The summed E-state index contributed by atoms with van der Waals surface area (Å²) in [6, 6.07) is 0. The van der Waals surface area contributed by atoms with Gasteiger partial charge in [0.1, 0.15) is 5.78 Å². The number of carbonyl (C=O) groups is 1. The molecule has 1 aliphatic carbocycles. The first-order chi connectivity index (χ1) is 6.69. The van der Waals surface area contributed by atoms with Crippen molar-refractivity contribution in [1.82, 2.24) is 0 Å². The fourth-order valence-corrected chi connectivity index (χ4v) is 2.21. The standard InChI is InChI=1S/C10H17NO4/c1-7(12)8-6-9(2,11(14)15)4-5-10(8,3)13/h8,13H,4-6H2,1-3H3/t8-,9+,10-/m0/s1. The molecule has 86 valence electrons. The van der Waals surface area contributed by atoms with Crippen LogP contribution in [0.15, 0.2) is 0 Å². The Kier molecular flexibility index (Phi) is 2.87. The van der Waals surface area contributed by atoms with E-state index in [1.807, 2.05) is 0 Å². The van der Waals surface area contributed by atoms with Gasteiger partial charge in [0, 0.05) is 24.7 Å². The van der Waals surface area contributed by atoms with Gasteiger partial charge in [-0.25, -0.2) is 0 Å². The Hall–Kier alpha value is -0.970. The first kappa shape index (κ1) is 12.1. The Bertz CT molecular complexity index is 300. The zero-order valence-corrected chi connectivity index (χ0v) is 9.32. The topological polar surface area (TPSA) is 80.4 Å². The van der Waals surface area contributed by atoms with Gasteiger partial charge in [-0.2, -0.15) is 0 Å². The van der Waals surface area contributed by atoms with E-state index >= 15 is 0 Å². The molecule has 0 aromatic carbocycles. The Balaban J connectivity index is 2.93. The lowest BCUT2D eigenvalue weighted by molar-refractivity contribution is -0.573. The van der Waals surface area contributed by atoms with Crippen LogP contribution >= 0.6 is 0 Å². The van der Waals surface area contributed by atoms with Crippen LogP contribution in [0.2, 0.25) is 0 Å². The minimum Gasteiger partial charge on any atom is -0.389 e. The van der Waals surface area contributed by atoms with Crippen LogP contribution in [-0.4, -0.2) is 27.0 Å². The molecule has 5 heteroatoms. The number of aliphatic hydroxyl groups is 1. The van der Waals surface area contributed by atoms with Gasteiger partial charge in [-0.05, 0) is 20.3 Å². The molecule has 0 aliphatic heterocycles. The van der Waals surface area contributed by atoms with Crippen LogP contribution in [0.25, 0.3) is 0 Å². The van der Waals surface area contributed by atoms with Crippen molar-refractivity contribution in [2.75, 3.05) is 0 Å². The highest BCUT2D eigenvalue weighted by Crippen LogP contribution is 2.40. The molecular formula is C10H17NO4. The van der Waals surface area contributed by atoms with Gasteiger partial charge in [0.15, 0.2) is 0 Å². The second kappa shape index (κ2) is 3.56. The average Bonchev–Trinajstić information content (AvgIpc) is 2.09. The minimum absolute atomic E-state index is 0.127. The van der Waals surface area contributed by atoms with Gasteiger partial charge in [0.2, 0.25) is 5.54 Å². The number of nitrogens with zero attached hydrogens (tertiary/aromatic N) is 1. The molecule has 1 N–H and O–H groups in total. The van der Waals surface area contributed by atoms with Crippen LogP contribution < -0.4 is 0 Å². The van der Waals surface area contributed by atoms with E-state index in [9.17, 15) is 20.0 Å². The van der Waals surface area contributed by atoms with Crippen molar-refractivity contribution in [3.8, 4) is 0 Å². The second-order valence-corrected chi connectivity index (χ2v) is 4.98. The summed E-state index contributed by atoms with van der Waals surface area (Å²) in [7, 11) is 0. The molecule has 1 fully saturated rings. The van der Waals surface area contributed by atoms with Crippen molar-refractivity contribution in [2.24, 2.45) is 5.92 Å². The van der Waals surface area contributed by atoms with E-state index in [4.69, 9.17) is 0 Å². The van der Waals surface area contributed by atoms with Crippen molar-refractivity contribution in [3.05, 3.63) is 10.1 Å². The maximum atomic E-state index is 11.3. The third kappa shape index (κ3) is 2.17. The van der Waals surface area contributed by atoms with Gasteiger partial charge in [-0.3, -0.25) is 14.9 Å². The maximum absolute atomic E-state index is 11.3. The number of hydrogen-bond acceptors (Lipinski definition) is 4. The molecule has 5 nitrogen and oxygen atoms in total. The highest BCUT2D eigenvalue weighted by Gasteiger charge is 2.51. The Morgan fingerprint density at radius 2 is 2.00 bits per heavy atom. The first-order valence-electron chi connectivity index (χ1n) is 5.06. The maximum Gasteiger partial charge on any atom is 0.220 e. The summed E-state index contributed by atoms with van der Waals surface area (Å²) in [6.07, 6.45) is 0.744. The fourth-order valence-electron chi connectivity index (χ4n) is 2.21. The molecule has 0 heterocycles. The molecule has 1 aliphatic rings. The number of hydrogen-bond donors (Lipinski definition) is 1. The molecule has 0 radical (unpaired) electrons. The molecule has 1 saturated carbocycles. The summed E-state index contributed by atoms with van der Waals surface area (Å²) < 4.78 is 0. The van der Waals surface area contributed by atoms with Gasteiger partial charge in [0.25, 0.3) is 0 Å². The third-order valence-corrected chi connectivity index (χ3v) is 3.50. The highest BCUT2D eigenvalue weighted by atomic mass is 16.6. The van der Waals surface area contributed by atoms with Crippen LogP contribution in [-0.2, 0) is 4.79 Å². The van der Waals surface area contributed by atoms with Gasteiger partial charge in [0.05, 0.1) is 11.5 Å². The smallest absolute Gasteiger partial charge is 0.220 e. The van der Waals surface area contributed by atoms with E-state index in [0.717, 1.165) is 0 Å². The Labute approximate surface area is 88.6 Å². The van der Waals surface area contributed by atoms with Gasteiger partial charge < -0.3 is 5.11 Å². The third-order valence-electron chi connectivity index (χ3n) is 3.50. The van der Waals surface area contributed by atoms with Crippen molar-refractivity contribution >= 4 is 5.78 Å². The molecule has 0 unspecified atom stereocenters. The number of Topliss-reactive ketones (excluding diaryl/α,β-unsaturated/α-hetero) is 1. The van der Waals surface area contributed by atoms with Crippen LogP contribution in [0.5, 0.6) is 0 Å². The van der Waals surface area contributed by atoms with Crippen LogP contribution in [0.3, 0.4) is 0 Å². The molecule has 0 amide bonds. The number of rotatable bonds is 2. The molecule has 0 saturated heterocycles. The van der Waals surface area contributed by atoms with Gasteiger partial charge in [-0.15, -0.1) is 0 Å². The number of carbonyl (C=O) groups excluding carboxylic acids is 1. The summed E-state index contributed by atoms with van der Waals surface area (Å²) in [5.74, 6) is -0.797. The number of nitro groups is 1. The van der Waals surface area contributed by atoms with E-state index in [1.54, 1.807) is 6.92 Å². The van der Waals surface area contributed by atoms with E-state index < -0.39 is 17.1 Å². The minimum atomic E-state index is -1.10. The molecule has 1 rings (SSSR count). The monoisotopic (exact) mass is 215 g/mol. The largest absolute Gasteiger partial charge is 0.389 e. The second-order valence-electron chi connectivity index (χ2n) is 4.98. The predicted molar refractivity (Wildman–Crippen MR) is 54.0 cm³/mol. The Morgan fingerprint density at radius 1 is 1.47 bits per heavy atom. The molecular weight excluding hydrogens is 198 g/mol. The van der Waals surface area contributed by atoms with Crippen LogP contribution in [0.1, 0.15) is 40.0 Å². The SMILES string of the molecule is CC(=O)[C@@H]1C[C@](C)([N+](=O)[O-])CC[C@]1(C)O. The molecule has 0 spiro atoms. The first-order valence-corrected chi connectivity index (χ1v) is 5.06. The van der Waals surface area contributed by atoms with Crippen molar-refractivity contribution in [3.63, 3.8) is 0 Å². The quantitative estimate of drug-likeness (QED) is 0.553. The number of ketones is 1.